The Kier molecular flexibility index (Phi) is 6.61. The van der Waals surface area contributed by atoms with Gasteiger partial charge in [-0.15, -0.1) is 0 Å². The molecule has 2 aliphatic rings. The SMILES string of the molecule is Nc1cc(F)c(-c2c(F)cccc2F)nc1C(=O)Nc1cnccc1[C@H]1C[C@@H](N)[C@@]2(O)CCCC[C@H]2O1. The molecule has 3 aromatic rings. The average molecular weight is 514 g/mol. The van der Waals surface area contributed by atoms with E-state index in [2.05, 4.69) is 15.3 Å². The quantitative estimate of drug-likeness (QED) is 0.416. The minimum atomic E-state index is -1.10. The number of nitrogens with two attached hydrogens (primary N) is 2. The summed E-state index contributed by atoms with van der Waals surface area (Å²) in [5.74, 6) is -3.99. The van der Waals surface area contributed by atoms with E-state index in [1.807, 2.05) is 0 Å². The molecule has 8 nitrogen and oxygen atoms in total. The van der Waals surface area contributed by atoms with E-state index in [1.165, 1.54) is 12.4 Å². The summed E-state index contributed by atoms with van der Waals surface area (Å²) in [6.07, 6.45) is 5.28. The maximum absolute atomic E-state index is 14.6. The summed E-state index contributed by atoms with van der Waals surface area (Å²) in [6.45, 7) is 0. The third-order valence-electron chi connectivity index (χ3n) is 7.16. The third-order valence-corrected chi connectivity index (χ3v) is 7.16. The van der Waals surface area contributed by atoms with Crippen LogP contribution < -0.4 is 16.8 Å². The Morgan fingerprint density at radius 3 is 2.68 bits per heavy atom. The summed E-state index contributed by atoms with van der Waals surface area (Å²) in [5, 5.41) is 13.7. The fraction of sp³-hybridized carbons (Fsp3) is 0.346. The molecule has 1 aromatic carbocycles. The predicted octanol–water partition coefficient (Wildman–Crippen LogP) is 3.86. The van der Waals surface area contributed by atoms with Gasteiger partial charge >= 0.3 is 0 Å². The van der Waals surface area contributed by atoms with Crippen LogP contribution in [0.1, 0.15) is 54.3 Å². The number of aliphatic hydroxyl groups is 1. The highest BCUT2D eigenvalue weighted by atomic mass is 19.1. The summed E-state index contributed by atoms with van der Waals surface area (Å²) in [4.78, 5) is 21.1. The molecule has 1 amide bonds. The van der Waals surface area contributed by atoms with Gasteiger partial charge < -0.3 is 26.6 Å². The number of benzene rings is 1. The molecule has 0 radical (unpaired) electrons. The van der Waals surface area contributed by atoms with E-state index in [9.17, 15) is 23.1 Å². The van der Waals surface area contributed by atoms with E-state index in [0.717, 1.165) is 37.1 Å². The first-order valence-corrected chi connectivity index (χ1v) is 12.0. The molecule has 37 heavy (non-hydrogen) atoms. The van der Waals surface area contributed by atoms with Crippen LogP contribution in [0.4, 0.5) is 24.5 Å². The molecule has 5 rings (SSSR count). The lowest BCUT2D eigenvalue weighted by Gasteiger charge is -2.49. The van der Waals surface area contributed by atoms with Crippen LogP contribution in [0.5, 0.6) is 0 Å². The molecule has 2 aromatic heterocycles. The Labute approximate surface area is 210 Å². The van der Waals surface area contributed by atoms with Crippen molar-refractivity contribution < 1.29 is 27.8 Å². The standard InChI is InChI=1S/C26H26F3N5O3/c27-14-4-3-5-15(28)22(14)23-16(29)10-17(30)24(34-23)25(35)33-18-12-32-9-7-13(18)19-11-20(31)26(36)8-2-1-6-21(26)37-19/h3-5,7,9-10,12,19-21,36H,1-2,6,8,11,30-31H2,(H,33,35)/t19-,20-,21-,26+/m1/s1. The smallest absolute Gasteiger partial charge is 0.276 e. The highest BCUT2D eigenvalue weighted by molar-refractivity contribution is 6.06. The van der Waals surface area contributed by atoms with E-state index in [4.69, 9.17) is 16.2 Å². The maximum atomic E-state index is 14.6. The van der Waals surface area contributed by atoms with Crippen LogP contribution in [0.3, 0.4) is 0 Å². The molecule has 194 valence electrons. The number of nitrogens with zero attached hydrogens (tertiary/aromatic N) is 2. The molecule has 1 aliphatic carbocycles. The van der Waals surface area contributed by atoms with Crippen molar-refractivity contribution in [2.24, 2.45) is 5.73 Å². The van der Waals surface area contributed by atoms with Crippen molar-refractivity contribution in [3.8, 4) is 11.3 Å². The van der Waals surface area contributed by atoms with Crippen LogP contribution >= 0.6 is 0 Å². The van der Waals surface area contributed by atoms with Crippen molar-refractivity contribution >= 4 is 17.3 Å². The number of halogens is 3. The lowest BCUT2D eigenvalue weighted by Crippen LogP contribution is -2.62. The second kappa shape index (κ2) is 9.73. The van der Waals surface area contributed by atoms with E-state index >= 15 is 0 Å². The van der Waals surface area contributed by atoms with Gasteiger partial charge in [-0.2, -0.15) is 0 Å². The number of ether oxygens (including phenoxy) is 1. The zero-order valence-corrected chi connectivity index (χ0v) is 19.8. The molecule has 11 heteroatoms. The minimum Gasteiger partial charge on any atom is -0.397 e. The molecular formula is C26H26F3N5O3. The molecule has 0 unspecified atom stereocenters. The van der Waals surface area contributed by atoms with Crippen molar-refractivity contribution in [2.45, 2.75) is 56.0 Å². The number of carbonyl (C=O) groups excluding carboxylic acids is 1. The molecule has 4 atom stereocenters. The number of hydrogen-bond donors (Lipinski definition) is 4. The fourth-order valence-corrected chi connectivity index (χ4v) is 5.20. The predicted molar refractivity (Wildman–Crippen MR) is 130 cm³/mol. The van der Waals surface area contributed by atoms with Gasteiger partial charge in [-0.3, -0.25) is 9.78 Å². The van der Waals surface area contributed by atoms with Crippen LogP contribution in [-0.4, -0.2) is 38.7 Å². The molecule has 1 saturated carbocycles. The van der Waals surface area contributed by atoms with Crippen molar-refractivity contribution in [2.75, 3.05) is 11.1 Å². The summed E-state index contributed by atoms with van der Waals surface area (Å²) >= 11 is 0. The van der Waals surface area contributed by atoms with Crippen molar-refractivity contribution in [3.05, 3.63) is 71.4 Å². The Balaban J connectivity index is 1.45. The van der Waals surface area contributed by atoms with Crippen LogP contribution in [-0.2, 0) is 4.74 Å². The van der Waals surface area contributed by atoms with Gasteiger partial charge in [0.15, 0.2) is 11.5 Å². The fourth-order valence-electron chi connectivity index (χ4n) is 5.20. The molecular weight excluding hydrogens is 487 g/mol. The Morgan fingerprint density at radius 2 is 1.92 bits per heavy atom. The Hall–Kier alpha value is -3.54. The molecule has 1 saturated heterocycles. The number of carbonyl (C=O) groups is 1. The first-order valence-electron chi connectivity index (χ1n) is 12.0. The van der Waals surface area contributed by atoms with E-state index in [0.29, 0.717) is 24.8 Å². The molecule has 0 bridgehead atoms. The van der Waals surface area contributed by atoms with Gasteiger partial charge in [0.05, 0.1) is 35.3 Å². The first kappa shape index (κ1) is 25.1. The van der Waals surface area contributed by atoms with Crippen molar-refractivity contribution in [1.82, 2.24) is 9.97 Å². The van der Waals surface area contributed by atoms with E-state index in [-0.39, 0.29) is 11.4 Å². The number of fused-ring (bicyclic) bond motifs is 1. The molecule has 6 N–H and O–H groups in total. The third kappa shape index (κ3) is 4.54. The lowest BCUT2D eigenvalue weighted by atomic mass is 9.73. The number of pyridine rings is 2. The minimum absolute atomic E-state index is 0.273. The number of nitrogen functional groups attached to an aromatic ring is 1. The number of anilines is 2. The first-order chi connectivity index (χ1) is 17.7. The number of rotatable bonds is 4. The zero-order chi connectivity index (χ0) is 26.3. The largest absolute Gasteiger partial charge is 0.397 e. The summed E-state index contributed by atoms with van der Waals surface area (Å²) in [6, 6.07) is 4.98. The van der Waals surface area contributed by atoms with Crippen LogP contribution in [0, 0.1) is 17.5 Å². The normalized spacial score (nSPS) is 25.4. The summed E-state index contributed by atoms with van der Waals surface area (Å²) in [7, 11) is 0. The summed E-state index contributed by atoms with van der Waals surface area (Å²) < 4.78 is 49.5. The monoisotopic (exact) mass is 513 g/mol. The highest BCUT2D eigenvalue weighted by Gasteiger charge is 2.50. The number of amides is 1. The maximum Gasteiger partial charge on any atom is 0.276 e. The molecule has 0 spiro atoms. The Bertz CT molecular complexity index is 1340. The van der Waals surface area contributed by atoms with Gasteiger partial charge in [-0.25, -0.2) is 18.2 Å². The van der Waals surface area contributed by atoms with Gasteiger partial charge in [-0.05, 0) is 37.5 Å². The summed E-state index contributed by atoms with van der Waals surface area (Å²) in [5.41, 5.74) is 9.84. The van der Waals surface area contributed by atoms with Crippen molar-refractivity contribution in [3.63, 3.8) is 0 Å². The number of aromatic nitrogens is 2. The second-order valence-electron chi connectivity index (χ2n) is 9.46. The van der Waals surface area contributed by atoms with Gasteiger partial charge in [0.2, 0.25) is 0 Å². The number of hydrogen-bond acceptors (Lipinski definition) is 7. The molecule has 2 fully saturated rings. The highest BCUT2D eigenvalue weighted by Crippen LogP contribution is 2.44. The van der Waals surface area contributed by atoms with Crippen LogP contribution in [0.15, 0.2) is 42.7 Å². The van der Waals surface area contributed by atoms with E-state index in [1.54, 1.807) is 6.07 Å². The lowest BCUT2D eigenvalue weighted by molar-refractivity contribution is -0.202. The van der Waals surface area contributed by atoms with Gasteiger partial charge in [0.25, 0.3) is 5.91 Å². The average Bonchev–Trinajstić information content (AvgIpc) is 2.86. The van der Waals surface area contributed by atoms with Gasteiger partial charge in [-0.1, -0.05) is 18.9 Å². The van der Waals surface area contributed by atoms with Gasteiger partial charge in [0, 0.05) is 23.9 Å². The van der Waals surface area contributed by atoms with Gasteiger partial charge in [0.1, 0.15) is 22.9 Å². The molecule has 3 heterocycles. The zero-order valence-electron chi connectivity index (χ0n) is 19.8. The number of nitrogens with one attached hydrogen (secondary N) is 1. The second-order valence-corrected chi connectivity index (χ2v) is 9.46. The Morgan fingerprint density at radius 1 is 1.16 bits per heavy atom. The van der Waals surface area contributed by atoms with Crippen LogP contribution in [0.2, 0.25) is 0 Å². The topological polar surface area (TPSA) is 136 Å². The molecule has 1 aliphatic heterocycles. The van der Waals surface area contributed by atoms with E-state index < -0.39 is 64.2 Å². The van der Waals surface area contributed by atoms with Crippen LogP contribution in [0.25, 0.3) is 11.3 Å². The van der Waals surface area contributed by atoms with Crippen molar-refractivity contribution in [1.29, 1.82) is 0 Å².